The van der Waals surface area contributed by atoms with Crippen LogP contribution in [0, 0.1) is 6.92 Å². The number of aryl methyl sites for hydroxylation is 1. The zero-order chi connectivity index (χ0) is 16.1. The number of thiocarbonyl (C=S) groups is 1. The first-order valence-corrected chi connectivity index (χ1v) is 8.10. The van der Waals surface area contributed by atoms with Crippen LogP contribution in [0.5, 0.6) is 5.75 Å². The van der Waals surface area contributed by atoms with Crippen LogP contribution in [-0.4, -0.2) is 12.3 Å². The smallest absolute Gasteiger partial charge is 0.260 e. The van der Waals surface area contributed by atoms with E-state index in [0.29, 0.717) is 22.6 Å². The largest absolute Gasteiger partial charge is 0.487 e. The van der Waals surface area contributed by atoms with Crippen LogP contribution in [0.3, 0.4) is 0 Å². The number of ether oxygens (including phenoxy) is 2. The van der Waals surface area contributed by atoms with Crippen LogP contribution in [0.1, 0.15) is 11.1 Å². The molecule has 0 fully saturated rings. The lowest BCUT2D eigenvalue weighted by atomic mass is 10.2. The molecule has 0 aliphatic rings. The molecule has 0 aliphatic heterocycles. The Morgan fingerprint density at radius 2 is 2.09 bits per heavy atom. The fourth-order valence-electron chi connectivity index (χ4n) is 1.86. The van der Waals surface area contributed by atoms with E-state index in [1.165, 1.54) is 7.11 Å². The van der Waals surface area contributed by atoms with Gasteiger partial charge in [-0.2, -0.15) is 0 Å². The molecule has 116 valence electrons. The lowest BCUT2D eigenvalue weighted by Gasteiger charge is -2.15. The number of hydrogen-bond acceptors (Lipinski definition) is 3. The van der Waals surface area contributed by atoms with E-state index in [1.54, 1.807) is 0 Å². The molecule has 1 N–H and O–H groups in total. The summed E-state index contributed by atoms with van der Waals surface area (Å²) in [5.41, 5.74) is 2.84. The molecule has 0 unspecified atom stereocenters. The molecule has 3 nitrogen and oxygen atoms in total. The number of halogens is 2. The molecule has 2 aromatic carbocycles. The van der Waals surface area contributed by atoms with Gasteiger partial charge in [-0.1, -0.05) is 39.7 Å². The van der Waals surface area contributed by atoms with E-state index in [9.17, 15) is 0 Å². The quantitative estimate of drug-likeness (QED) is 0.702. The first-order chi connectivity index (χ1) is 10.5. The maximum absolute atomic E-state index is 6.19. The zero-order valence-corrected chi connectivity index (χ0v) is 15.3. The van der Waals surface area contributed by atoms with E-state index < -0.39 is 0 Å². The van der Waals surface area contributed by atoms with Gasteiger partial charge in [0.05, 0.1) is 12.1 Å². The Balaban J connectivity index is 2.19. The Bertz CT molecular complexity index is 694. The second-order valence-corrected chi connectivity index (χ2v) is 6.24. The van der Waals surface area contributed by atoms with Gasteiger partial charge in [0, 0.05) is 15.7 Å². The number of hydrogen-bond donors (Lipinski definition) is 1. The van der Waals surface area contributed by atoms with Crippen molar-refractivity contribution in [3.63, 3.8) is 0 Å². The van der Waals surface area contributed by atoms with Gasteiger partial charge in [-0.05, 0) is 49.0 Å². The summed E-state index contributed by atoms with van der Waals surface area (Å²) in [6.07, 6.45) is 0. The molecule has 0 saturated heterocycles. The summed E-state index contributed by atoms with van der Waals surface area (Å²) in [7, 11) is 1.52. The SMILES string of the molecule is COC(=S)Nc1cccc(Br)c1COc1ccc(C)cc1Cl. The molecule has 2 aromatic rings. The van der Waals surface area contributed by atoms with Gasteiger partial charge >= 0.3 is 0 Å². The minimum absolute atomic E-state index is 0.299. The van der Waals surface area contributed by atoms with E-state index in [-0.39, 0.29) is 0 Å². The average molecular weight is 401 g/mol. The standard InChI is InChI=1S/C16H15BrClNO2S/c1-10-6-7-15(13(18)8-10)21-9-11-12(17)4-3-5-14(11)19-16(22)20-2/h3-8H,9H2,1-2H3,(H,19,22). The monoisotopic (exact) mass is 399 g/mol. The normalized spacial score (nSPS) is 10.2. The van der Waals surface area contributed by atoms with Crippen LogP contribution >= 0.6 is 39.7 Å². The van der Waals surface area contributed by atoms with Gasteiger partial charge in [0.25, 0.3) is 5.17 Å². The molecule has 0 bridgehead atoms. The highest BCUT2D eigenvalue weighted by atomic mass is 79.9. The number of rotatable bonds is 4. The average Bonchev–Trinajstić information content (AvgIpc) is 2.48. The Labute approximate surface area is 148 Å². The highest BCUT2D eigenvalue weighted by Crippen LogP contribution is 2.30. The second kappa shape index (κ2) is 7.81. The van der Waals surface area contributed by atoms with Gasteiger partial charge in [-0.25, -0.2) is 0 Å². The number of nitrogens with one attached hydrogen (secondary N) is 1. The Morgan fingerprint density at radius 1 is 1.32 bits per heavy atom. The maximum Gasteiger partial charge on any atom is 0.260 e. The minimum Gasteiger partial charge on any atom is -0.487 e. The third-order valence-electron chi connectivity index (χ3n) is 3.00. The van der Waals surface area contributed by atoms with E-state index in [4.69, 9.17) is 33.3 Å². The fourth-order valence-corrected chi connectivity index (χ4v) is 2.74. The highest BCUT2D eigenvalue weighted by molar-refractivity contribution is 9.10. The van der Waals surface area contributed by atoms with Crippen molar-refractivity contribution in [2.45, 2.75) is 13.5 Å². The van der Waals surface area contributed by atoms with Crippen LogP contribution in [0.2, 0.25) is 5.02 Å². The summed E-state index contributed by atoms with van der Waals surface area (Å²) in [4.78, 5) is 0. The molecule has 0 amide bonds. The van der Waals surface area contributed by atoms with Crippen molar-refractivity contribution in [2.75, 3.05) is 12.4 Å². The predicted molar refractivity (Wildman–Crippen MR) is 97.9 cm³/mol. The van der Waals surface area contributed by atoms with Crippen molar-refractivity contribution in [2.24, 2.45) is 0 Å². The van der Waals surface area contributed by atoms with Crippen molar-refractivity contribution in [3.8, 4) is 5.75 Å². The van der Waals surface area contributed by atoms with Crippen molar-refractivity contribution >= 4 is 50.6 Å². The molecule has 2 rings (SSSR count). The second-order valence-electron chi connectivity index (χ2n) is 4.61. The number of methoxy groups -OCH3 is 1. The van der Waals surface area contributed by atoms with Gasteiger partial charge in [0.2, 0.25) is 0 Å². The summed E-state index contributed by atoms with van der Waals surface area (Å²) in [5.74, 6) is 0.642. The summed E-state index contributed by atoms with van der Waals surface area (Å²) in [6.45, 7) is 2.33. The lowest BCUT2D eigenvalue weighted by molar-refractivity contribution is 0.306. The maximum atomic E-state index is 6.19. The highest BCUT2D eigenvalue weighted by Gasteiger charge is 2.10. The van der Waals surface area contributed by atoms with Crippen LogP contribution in [0.15, 0.2) is 40.9 Å². The third kappa shape index (κ3) is 4.35. The van der Waals surface area contributed by atoms with Gasteiger partial charge in [-0.15, -0.1) is 0 Å². The predicted octanol–water partition coefficient (Wildman–Crippen LogP) is 5.33. The molecule has 0 aliphatic carbocycles. The van der Waals surface area contributed by atoms with Gasteiger partial charge < -0.3 is 14.8 Å². The van der Waals surface area contributed by atoms with Crippen LogP contribution in [-0.2, 0) is 11.3 Å². The zero-order valence-electron chi connectivity index (χ0n) is 12.2. The van der Waals surface area contributed by atoms with E-state index in [1.807, 2.05) is 43.3 Å². The third-order valence-corrected chi connectivity index (χ3v) is 4.31. The van der Waals surface area contributed by atoms with Crippen molar-refractivity contribution < 1.29 is 9.47 Å². The summed E-state index contributed by atoms with van der Waals surface area (Å²) < 4.78 is 11.7. The van der Waals surface area contributed by atoms with E-state index in [2.05, 4.69) is 21.2 Å². The first-order valence-electron chi connectivity index (χ1n) is 6.52. The molecule has 0 aromatic heterocycles. The van der Waals surface area contributed by atoms with Crippen molar-refractivity contribution in [3.05, 3.63) is 57.0 Å². The first kappa shape index (κ1) is 17.1. The van der Waals surface area contributed by atoms with E-state index in [0.717, 1.165) is 21.3 Å². The minimum atomic E-state index is 0.299. The van der Waals surface area contributed by atoms with Gasteiger partial charge in [0.1, 0.15) is 12.4 Å². The van der Waals surface area contributed by atoms with Crippen LogP contribution in [0.25, 0.3) is 0 Å². The Morgan fingerprint density at radius 3 is 2.77 bits per heavy atom. The number of anilines is 1. The van der Waals surface area contributed by atoms with Crippen molar-refractivity contribution in [1.82, 2.24) is 0 Å². The topological polar surface area (TPSA) is 30.5 Å². The fraction of sp³-hybridized carbons (Fsp3) is 0.188. The molecule has 0 radical (unpaired) electrons. The molecule has 22 heavy (non-hydrogen) atoms. The van der Waals surface area contributed by atoms with Gasteiger partial charge in [-0.3, -0.25) is 0 Å². The molecule has 0 heterocycles. The van der Waals surface area contributed by atoms with Gasteiger partial charge in [0.15, 0.2) is 0 Å². The van der Waals surface area contributed by atoms with E-state index >= 15 is 0 Å². The molecule has 6 heteroatoms. The van der Waals surface area contributed by atoms with Crippen LogP contribution < -0.4 is 10.1 Å². The molecule has 0 saturated carbocycles. The molecular formula is C16H15BrClNO2S. The lowest BCUT2D eigenvalue weighted by Crippen LogP contribution is -2.13. The summed E-state index contributed by atoms with van der Waals surface area (Å²) in [6, 6.07) is 11.5. The Kier molecular flexibility index (Phi) is 6.06. The number of benzene rings is 2. The molecule has 0 atom stereocenters. The summed E-state index contributed by atoms with van der Waals surface area (Å²) in [5, 5.41) is 3.92. The Hall–Kier alpha value is -1.30. The molecular weight excluding hydrogens is 386 g/mol. The summed E-state index contributed by atoms with van der Waals surface area (Å²) >= 11 is 14.8. The van der Waals surface area contributed by atoms with Crippen LogP contribution in [0.4, 0.5) is 5.69 Å². The molecule has 0 spiro atoms. The van der Waals surface area contributed by atoms with Crippen molar-refractivity contribution in [1.29, 1.82) is 0 Å².